The minimum atomic E-state index is -0.637. The van der Waals surface area contributed by atoms with E-state index in [0.717, 1.165) is 5.56 Å². The SMILES string of the molecule is COC(=O)c1cc2c(cc1NC(=O)Cn1ncc3c(=O)oc4ccc(C)cc4c31)OCO2. The minimum Gasteiger partial charge on any atom is -0.465 e. The number of aryl methyl sites for hydroxylation is 1. The maximum absolute atomic E-state index is 12.9. The summed E-state index contributed by atoms with van der Waals surface area (Å²) in [4.78, 5) is 37.4. The molecule has 0 spiro atoms. The number of nitrogens with one attached hydrogen (secondary N) is 1. The van der Waals surface area contributed by atoms with Gasteiger partial charge in [-0.2, -0.15) is 5.10 Å². The van der Waals surface area contributed by atoms with E-state index in [0.29, 0.717) is 28.0 Å². The van der Waals surface area contributed by atoms with Crippen LogP contribution in [-0.4, -0.2) is 35.6 Å². The third-order valence-corrected chi connectivity index (χ3v) is 5.14. The lowest BCUT2D eigenvalue weighted by atomic mass is 10.1. The fraction of sp³-hybridized carbons (Fsp3) is 0.182. The molecule has 0 saturated carbocycles. The summed E-state index contributed by atoms with van der Waals surface area (Å²) in [6, 6.07) is 8.36. The van der Waals surface area contributed by atoms with E-state index in [1.807, 2.05) is 19.1 Å². The second kappa shape index (κ2) is 7.41. The molecule has 1 aliphatic rings. The lowest BCUT2D eigenvalue weighted by Gasteiger charge is -2.12. The van der Waals surface area contributed by atoms with E-state index < -0.39 is 17.5 Å². The van der Waals surface area contributed by atoms with Gasteiger partial charge >= 0.3 is 11.6 Å². The van der Waals surface area contributed by atoms with E-state index in [1.54, 1.807) is 6.07 Å². The van der Waals surface area contributed by atoms with Gasteiger partial charge in [-0.15, -0.1) is 0 Å². The van der Waals surface area contributed by atoms with Crippen molar-refractivity contribution in [3.8, 4) is 11.5 Å². The number of carbonyl (C=O) groups excluding carboxylic acids is 2. The molecule has 10 heteroatoms. The molecule has 1 aliphatic heterocycles. The molecule has 1 N–H and O–H groups in total. The fourth-order valence-electron chi connectivity index (χ4n) is 3.66. The van der Waals surface area contributed by atoms with Gasteiger partial charge in [0.2, 0.25) is 12.7 Å². The number of nitrogens with zero attached hydrogens (tertiary/aromatic N) is 2. The number of hydrogen-bond acceptors (Lipinski definition) is 8. The minimum absolute atomic E-state index is 0.0156. The number of anilines is 1. The second-order valence-corrected chi connectivity index (χ2v) is 7.24. The van der Waals surface area contributed by atoms with E-state index in [1.165, 1.54) is 30.1 Å². The first-order valence-corrected chi connectivity index (χ1v) is 9.65. The number of rotatable bonds is 4. The molecule has 32 heavy (non-hydrogen) atoms. The number of benzene rings is 2. The molecule has 0 aliphatic carbocycles. The molecular weight excluding hydrogens is 418 g/mol. The highest BCUT2D eigenvalue weighted by molar-refractivity contribution is 6.04. The molecular formula is C22H17N3O7. The van der Waals surface area contributed by atoms with Gasteiger partial charge in [-0.25, -0.2) is 9.59 Å². The molecule has 0 atom stereocenters. The number of carbonyl (C=O) groups is 2. The third-order valence-electron chi connectivity index (χ3n) is 5.14. The zero-order valence-electron chi connectivity index (χ0n) is 17.1. The fourth-order valence-corrected chi connectivity index (χ4v) is 3.66. The van der Waals surface area contributed by atoms with Crippen LogP contribution in [0.5, 0.6) is 11.5 Å². The molecule has 2 aromatic heterocycles. The Morgan fingerprint density at radius 3 is 2.72 bits per heavy atom. The monoisotopic (exact) mass is 435 g/mol. The Morgan fingerprint density at radius 2 is 1.94 bits per heavy atom. The van der Waals surface area contributed by atoms with Crippen molar-refractivity contribution >= 4 is 39.4 Å². The highest BCUT2D eigenvalue weighted by Gasteiger charge is 2.23. The van der Waals surface area contributed by atoms with Crippen LogP contribution in [0.4, 0.5) is 5.69 Å². The molecule has 2 aromatic carbocycles. The van der Waals surface area contributed by atoms with Gasteiger partial charge in [0.05, 0.1) is 30.1 Å². The summed E-state index contributed by atoms with van der Waals surface area (Å²) in [5, 5.41) is 7.85. The van der Waals surface area contributed by atoms with Gasteiger partial charge in [-0.3, -0.25) is 9.48 Å². The van der Waals surface area contributed by atoms with Gasteiger partial charge in [-0.05, 0) is 19.1 Å². The number of hydrogen-bond donors (Lipinski definition) is 1. The topological polar surface area (TPSA) is 122 Å². The van der Waals surface area contributed by atoms with Crippen molar-refractivity contribution in [1.82, 2.24) is 9.78 Å². The lowest BCUT2D eigenvalue weighted by Crippen LogP contribution is -2.21. The summed E-state index contributed by atoms with van der Waals surface area (Å²) in [5.41, 5.74) is 1.66. The van der Waals surface area contributed by atoms with E-state index in [9.17, 15) is 14.4 Å². The van der Waals surface area contributed by atoms with Crippen molar-refractivity contribution in [3.63, 3.8) is 0 Å². The van der Waals surface area contributed by atoms with Crippen molar-refractivity contribution in [2.45, 2.75) is 13.5 Å². The van der Waals surface area contributed by atoms with Crippen LogP contribution in [0.1, 0.15) is 15.9 Å². The van der Waals surface area contributed by atoms with Crippen LogP contribution in [0.15, 0.2) is 45.7 Å². The number of esters is 1. The van der Waals surface area contributed by atoms with Crippen LogP contribution in [0.2, 0.25) is 0 Å². The Labute approximate surface area is 180 Å². The van der Waals surface area contributed by atoms with Crippen LogP contribution < -0.4 is 20.4 Å². The highest BCUT2D eigenvalue weighted by atomic mass is 16.7. The largest absolute Gasteiger partial charge is 0.465 e. The number of methoxy groups -OCH3 is 1. The number of aromatic nitrogens is 2. The summed E-state index contributed by atoms with van der Waals surface area (Å²) in [6.45, 7) is 1.73. The molecule has 3 heterocycles. The Kier molecular flexibility index (Phi) is 4.54. The number of amides is 1. The molecule has 4 aromatic rings. The van der Waals surface area contributed by atoms with Crippen LogP contribution in [-0.2, 0) is 16.1 Å². The standard InChI is InChI=1S/C22H17N3O7/c1-11-3-4-16-13(5-11)20-14(22(28)32-16)8-23-25(20)9-19(26)24-15-7-18-17(30-10-31-18)6-12(15)21(27)29-2/h3-8H,9-10H2,1-2H3,(H,24,26). The normalized spacial score (nSPS) is 12.3. The zero-order valence-corrected chi connectivity index (χ0v) is 17.1. The van der Waals surface area contributed by atoms with E-state index >= 15 is 0 Å². The van der Waals surface area contributed by atoms with Gasteiger partial charge in [-0.1, -0.05) is 11.6 Å². The van der Waals surface area contributed by atoms with Crippen molar-refractivity contribution in [1.29, 1.82) is 0 Å². The molecule has 0 saturated heterocycles. The predicted molar refractivity (Wildman–Crippen MR) is 113 cm³/mol. The van der Waals surface area contributed by atoms with Crippen molar-refractivity contribution in [3.05, 3.63) is 58.1 Å². The first kappa shape index (κ1) is 19.6. The van der Waals surface area contributed by atoms with Crippen LogP contribution in [0, 0.1) is 6.92 Å². The van der Waals surface area contributed by atoms with E-state index in [2.05, 4.69) is 10.4 Å². The molecule has 0 unspecified atom stereocenters. The molecule has 0 radical (unpaired) electrons. The summed E-state index contributed by atoms with van der Waals surface area (Å²) in [5.74, 6) is -0.318. The number of fused-ring (bicyclic) bond motifs is 4. The zero-order chi connectivity index (χ0) is 22.4. The van der Waals surface area contributed by atoms with Crippen LogP contribution in [0.3, 0.4) is 0 Å². The second-order valence-electron chi connectivity index (χ2n) is 7.24. The lowest BCUT2D eigenvalue weighted by molar-refractivity contribution is -0.116. The summed E-state index contributed by atoms with van der Waals surface area (Å²) in [6.07, 6.45) is 1.37. The van der Waals surface area contributed by atoms with Gasteiger partial charge in [0.15, 0.2) is 11.5 Å². The van der Waals surface area contributed by atoms with Gasteiger partial charge in [0.1, 0.15) is 17.5 Å². The average molecular weight is 435 g/mol. The molecule has 162 valence electrons. The van der Waals surface area contributed by atoms with Crippen molar-refractivity contribution < 1.29 is 28.2 Å². The Morgan fingerprint density at radius 1 is 1.16 bits per heavy atom. The third kappa shape index (κ3) is 3.22. The highest BCUT2D eigenvalue weighted by Crippen LogP contribution is 2.37. The summed E-state index contributed by atoms with van der Waals surface area (Å²) < 4.78 is 22.2. The molecule has 1 amide bonds. The van der Waals surface area contributed by atoms with Gasteiger partial charge in [0, 0.05) is 17.5 Å². The average Bonchev–Trinajstić information content (AvgIpc) is 3.40. The first-order chi connectivity index (χ1) is 15.4. The maximum atomic E-state index is 12.9. The van der Waals surface area contributed by atoms with Crippen LogP contribution in [0.25, 0.3) is 21.9 Å². The van der Waals surface area contributed by atoms with Gasteiger partial charge < -0.3 is 23.9 Å². The Hall–Kier alpha value is -4.34. The Bertz CT molecular complexity index is 1470. The van der Waals surface area contributed by atoms with E-state index in [-0.39, 0.29) is 30.0 Å². The van der Waals surface area contributed by atoms with Crippen LogP contribution >= 0.6 is 0 Å². The summed E-state index contributed by atoms with van der Waals surface area (Å²) in [7, 11) is 1.24. The smallest absolute Gasteiger partial charge is 0.347 e. The Balaban J connectivity index is 1.52. The maximum Gasteiger partial charge on any atom is 0.347 e. The number of ether oxygens (including phenoxy) is 3. The quantitative estimate of drug-likeness (QED) is 0.383. The van der Waals surface area contributed by atoms with E-state index in [4.69, 9.17) is 18.6 Å². The molecule has 0 fully saturated rings. The van der Waals surface area contributed by atoms with Gasteiger partial charge in [0.25, 0.3) is 0 Å². The molecule has 0 bridgehead atoms. The molecule has 5 rings (SSSR count). The predicted octanol–water partition coefficient (Wildman–Crippen LogP) is 2.61. The first-order valence-electron chi connectivity index (χ1n) is 9.65. The van der Waals surface area contributed by atoms with Crippen molar-refractivity contribution in [2.24, 2.45) is 0 Å². The van der Waals surface area contributed by atoms with Crippen molar-refractivity contribution in [2.75, 3.05) is 19.2 Å². The molecule has 10 nitrogen and oxygen atoms in total. The summed E-state index contributed by atoms with van der Waals surface area (Å²) >= 11 is 0.